The van der Waals surface area contributed by atoms with Crippen molar-refractivity contribution in [3.63, 3.8) is 0 Å². The highest BCUT2D eigenvalue weighted by molar-refractivity contribution is 7.99. The zero-order valence-corrected chi connectivity index (χ0v) is 17.3. The van der Waals surface area contributed by atoms with Crippen LogP contribution in [0.2, 0.25) is 0 Å². The lowest BCUT2D eigenvalue weighted by Gasteiger charge is -2.07. The van der Waals surface area contributed by atoms with Gasteiger partial charge in [0.15, 0.2) is 5.78 Å². The predicted octanol–water partition coefficient (Wildman–Crippen LogP) is 5.31. The van der Waals surface area contributed by atoms with E-state index in [1.165, 1.54) is 11.8 Å². The van der Waals surface area contributed by atoms with Crippen molar-refractivity contribution >= 4 is 40.2 Å². The Morgan fingerprint density at radius 3 is 2.25 bits per heavy atom. The summed E-state index contributed by atoms with van der Waals surface area (Å²) in [6.07, 6.45) is 0. The van der Waals surface area contributed by atoms with Crippen LogP contribution in [-0.4, -0.2) is 33.8 Å². The van der Waals surface area contributed by atoms with Gasteiger partial charge in [-0.25, -0.2) is 4.98 Å². The topological polar surface area (TPSA) is 65.0 Å². The molecular weight excluding hydrogens is 410 g/mol. The summed E-state index contributed by atoms with van der Waals surface area (Å²) in [6, 6.07) is 11.1. The number of nitrogens with zero attached hydrogens (tertiary/aromatic N) is 3. The van der Waals surface area contributed by atoms with Gasteiger partial charge in [-0.3, -0.25) is 4.79 Å². The average molecular weight is 426 g/mol. The van der Waals surface area contributed by atoms with Crippen LogP contribution in [0.1, 0.15) is 10.4 Å². The number of thiophene rings is 2. The van der Waals surface area contributed by atoms with Gasteiger partial charge in [0, 0.05) is 27.5 Å². The summed E-state index contributed by atoms with van der Waals surface area (Å²) in [5, 5.41) is 17.2. The van der Waals surface area contributed by atoms with Gasteiger partial charge in [0.2, 0.25) is 5.16 Å². The summed E-state index contributed by atoms with van der Waals surface area (Å²) in [7, 11) is 1.60. The second-order valence-corrected chi connectivity index (χ2v) is 8.26. The smallest absolute Gasteiger partial charge is 0.210 e. The number of benzene rings is 1. The van der Waals surface area contributed by atoms with E-state index in [-0.39, 0.29) is 11.5 Å². The van der Waals surface area contributed by atoms with E-state index in [4.69, 9.17) is 9.72 Å². The molecular formula is C20H15N3O2S3. The van der Waals surface area contributed by atoms with Crippen LogP contribution in [0.4, 0.5) is 0 Å². The lowest BCUT2D eigenvalue weighted by atomic mass is 10.1. The molecule has 0 aliphatic heterocycles. The Balaban J connectivity index is 1.55. The van der Waals surface area contributed by atoms with Gasteiger partial charge in [-0.15, -0.1) is 10.2 Å². The van der Waals surface area contributed by atoms with Gasteiger partial charge in [0.25, 0.3) is 0 Å². The summed E-state index contributed by atoms with van der Waals surface area (Å²) in [6.45, 7) is 0. The van der Waals surface area contributed by atoms with Crippen molar-refractivity contribution in [2.75, 3.05) is 12.9 Å². The fraction of sp³-hybridized carbons (Fsp3) is 0.100. The molecule has 0 aliphatic rings. The molecule has 0 spiro atoms. The number of Topliss-reactive ketones (excluding diaryl/α,β-unsaturated/α-hetero) is 1. The number of carbonyl (C=O) groups excluding carboxylic acids is 1. The highest BCUT2D eigenvalue weighted by Crippen LogP contribution is 2.32. The normalized spacial score (nSPS) is 10.8. The van der Waals surface area contributed by atoms with Crippen LogP contribution in [0.15, 0.2) is 63.1 Å². The fourth-order valence-electron chi connectivity index (χ4n) is 2.56. The van der Waals surface area contributed by atoms with Crippen molar-refractivity contribution in [3.05, 3.63) is 63.5 Å². The third-order valence-electron chi connectivity index (χ3n) is 4.00. The molecule has 0 radical (unpaired) electrons. The monoisotopic (exact) mass is 425 g/mol. The number of thioether (sulfide) groups is 1. The van der Waals surface area contributed by atoms with Gasteiger partial charge in [-0.2, -0.15) is 22.7 Å². The molecule has 0 fully saturated rings. The number of ether oxygens (including phenoxy) is 1. The van der Waals surface area contributed by atoms with E-state index in [0.29, 0.717) is 10.7 Å². The molecule has 0 saturated carbocycles. The third kappa shape index (κ3) is 4.14. The first-order chi connectivity index (χ1) is 13.7. The summed E-state index contributed by atoms with van der Waals surface area (Å²) >= 11 is 4.51. The SMILES string of the molecule is COc1ccc(C(=O)CSc2nnc(-c3ccsc3)c(-c3ccsc3)n2)cc1. The van der Waals surface area contributed by atoms with E-state index in [9.17, 15) is 4.79 Å². The van der Waals surface area contributed by atoms with Crippen LogP contribution in [0.25, 0.3) is 22.5 Å². The molecule has 0 atom stereocenters. The maximum Gasteiger partial charge on any atom is 0.210 e. The van der Waals surface area contributed by atoms with Crippen LogP contribution in [0, 0.1) is 0 Å². The Labute approximate surface area is 174 Å². The highest BCUT2D eigenvalue weighted by Gasteiger charge is 2.16. The Hall–Kier alpha value is -2.55. The van der Waals surface area contributed by atoms with E-state index >= 15 is 0 Å². The summed E-state index contributed by atoms with van der Waals surface area (Å²) in [5.74, 6) is 0.978. The maximum atomic E-state index is 12.5. The van der Waals surface area contributed by atoms with Crippen LogP contribution in [0.3, 0.4) is 0 Å². The number of hydrogen-bond donors (Lipinski definition) is 0. The molecule has 0 N–H and O–H groups in total. The number of methoxy groups -OCH3 is 1. The van der Waals surface area contributed by atoms with Gasteiger partial charge in [-0.05, 0) is 47.2 Å². The Morgan fingerprint density at radius 1 is 0.964 bits per heavy atom. The molecule has 0 amide bonds. The third-order valence-corrected chi connectivity index (χ3v) is 6.21. The van der Waals surface area contributed by atoms with Crippen LogP contribution in [0.5, 0.6) is 5.75 Å². The number of hydrogen-bond acceptors (Lipinski definition) is 8. The molecule has 0 bridgehead atoms. The molecule has 3 heterocycles. The van der Waals surface area contributed by atoms with Crippen molar-refractivity contribution in [1.82, 2.24) is 15.2 Å². The fourth-order valence-corrected chi connectivity index (χ4v) is 4.52. The second kappa shape index (κ2) is 8.64. The van der Waals surface area contributed by atoms with E-state index in [0.717, 1.165) is 28.3 Å². The predicted molar refractivity (Wildman–Crippen MR) is 115 cm³/mol. The molecule has 4 aromatic rings. The van der Waals surface area contributed by atoms with Crippen molar-refractivity contribution in [2.24, 2.45) is 0 Å². The second-order valence-electron chi connectivity index (χ2n) is 5.76. The average Bonchev–Trinajstić information content (AvgIpc) is 3.46. The molecule has 0 aliphatic carbocycles. The highest BCUT2D eigenvalue weighted by atomic mass is 32.2. The van der Waals surface area contributed by atoms with Crippen molar-refractivity contribution in [3.8, 4) is 28.3 Å². The molecule has 0 unspecified atom stereocenters. The Kier molecular flexibility index (Phi) is 5.80. The minimum atomic E-state index is 0.00949. The lowest BCUT2D eigenvalue weighted by molar-refractivity contribution is 0.102. The van der Waals surface area contributed by atoms with E-state index in [1.807, 2.05) is 33.7 Å². The van der Waals surface area contributed by atoms with Gasteiger partial charge < -0.3 is 4.74 Å². The molecule has 1 aromatic carbocycles. The van der Waals surface area contributed by atoms with Crippen molar-refractivity contribution in [1.29, 1.82) is 0 Å². The van der Waals surface area contributed by atoms with Crippen LogP contribution < -0.4 is 4.74 Å². The summed E-state index contributed by atoms with van der Waals surface area (Å²) < 4.78 is 5.13. The zero-order chi connectivity index (χ0) is 19.3. The van der Waals surface area contributed by atoms with E-state index < -0.39 is 0 Å². The van der Waals surface area contributed by atoms with Gasteiger partial charge in [0.1, 0.15) is 17.1 Å². The lowest BCUT2D eigenvalue weighted by Crippen LogP contribution is -2.04. The molecule has 0 saturated heterocycles. The molecule has 140 valence electrons. The van der Waals surface area contributed by atoms with Crippen molar-refractivity contribution in [2.45, 2.75) is 5.16 Å². The molecule has 8 heteroatoms. The minimum Gasteiger partial charge on any atom is -0.497 e. The molecule has 5 nitrogen and oxygen atoms in total. The number of carbonyl (C=O) groups is 1. The first-order valence-electron chi connectivity index (χ1n) is 8.34. The first kappa shape index (κ1) is 18.8. The largest absolute Gasteiger partial charge is 0.497 e. The van der Waals surface area contributed by atoms with Crippen LogP contribution in [-0.2, 0) is 0 Å². The molecule has 3 aromatic heterocycles. The van der Waals surface area contributed by atoms with Crippen LogP contribution >= 0.6 is 34.4 Å². The standard InChI is InChI=1S/C20H15N3O2S3/c1-25-16-4-2-13(3-5-16)17(24)12-28-20-21-18(14-6-8-26-10-14)19(22-23-20)15-7-9-27-11-15/h2-11H,12H2,1H3. The summed E-state index contributed by atoms with van der Waals surface area (Å²) in [4.78, 5) is 17.1. The maximum absolute atomic E-state index is 12.5. The van der Waals surface area contributed by atoms with Crippen molar-refractivity contribution < 1.29 is 9.53 Å². The quantitative estimate of drug-likeness (QED) is 0.295. The Bertz CT molecular complexity index is 1060. The minimum absolute atomic E-state index is 0.00949. The molecule has 4 rings (SSSR count). The first-order valence-corrected chi connectivity index (χ1v) is 11.2. The van der Waals surface area contributed by atoms with E-state index in [1.54, 1.807) is 54.0 Å². The molecule has 28 heavy (non-hydrogen) atoms. The van der Waals surface area contributed by atoms with Gasteiger partial charge in [-0.1, -0.05) is 11.8 Å². The Morgan fingerprint density at radius 2 is 1.64 bits per heavy atom. The zero-order valence-electron chi connectivity index (χ0n) is 14.9. The number of aromatic nitrogens is 3. The van der Waals surface area contributed by atoms with Gasteiger partial charge >= 0.3 is 0 Å². The van der Waals surface area contributed by atoms with Gasteiger partial charge in [0.05, 0.1) is 12.9 Å². The van der Waals surface area contributed by atoms with E-state index in [2.05, 4.69) is 10.2 Å². The summed E-state index contributed by atoms with van der Waals surface area (Å²) in [5.41, 5.74) is 4.18. The number of ketones is 1. The number of rotatable bonds is 7.